The minimum absolute atomic E-state index is 0.150. The van der Waals surface area contributed by atoms with E-state index in [0.717, 1.165) is 10.9 Å². The Balaban J connectivity index is 2.15. The van der Waals surface area contributed by atoms with Crippen molar-refractivity contribution < 1.29 is 24.5 Å². The minimum Gasteiger partial charge on any atom is -0.493 e. The van der Waals surface area contributed by atoms with Crippen LogP contribution < -0.4 is 4.74 Å². The first-order valence-corrected chi connectivity index (χ1v) is 11.3. The Morgan fingerprint density at radius 2 is 1.74 bits per heavy atom. The molecule has 0 aliphatic rings. The van der Waals surface area contributed by atoms with E-state index in [1.54, 1.807) is 42.5 Å². The molecule has 2 aromatic carbocycles. The van der Waals surface area contributed by atoms with Gasteiger partial charge in [0.1, 0.15) is 5.75 Å². The van der Waals surface area contributed by atoms with Gasteiger partial charge >= 0.3 is 5.97 Å². The summed E-state index contributed by atoms with van der Waals surface area (Å²) >= 11 is 3.38. The van der Waals surface area contributed by atoms with Crippen molar-refractivity contribution in [1.29, 1.82) is 0 Å². The number of aliphatic hydroxyl groups excluding tert-OH is 1. The fourth-order valence-electron chi connectivity index (χ4n) is 3.20. The molecular formula is C24H30BrNO5. The van der Waals surface area contributed by atoms with E-state index in [0.29, 0.717) is 42.7 Å². The normalized spacial score (nSPS) is 12.8. The highest BCUT2D eigenvalue weighted by Gasteiger charge is 2.30. The number of para-hydroxylation sites is 1. The number of aliphatic carboxylic acids is 1. The summed E-state index contributed by atoms with van der Waals surface area (Å²) in [6, 6.07) is 14.0. The number of halogens is 1. The lowest BCUT2D eigenvalue weighted by atomic mass is 10.1. The van der Waals surface area contributed by atoms with Crippen LogP contribution >= 0.6 is 15.9 Å². The van der Waals surface area contributed by atoms with E-state index in [9.17, 15) is 14.7 Å². The maximum absolute atomic E-state index is 13.2. The third-order valence-corrected chi connectivity index (χ3v) is 5.67. The van der Waals surface area contributed by atoms with Gasteiger partial charge in [-0.1, -0.05) is 41.1 Å². The second-order valence-electron chi connectivity index (χ2n) is 7.44. The smallest absolute Gasteiger partial charge is 0.303 e. The molecule has 2 rings (SSSR count). The molecule has 31 heavy (non-hydrogen) atoms. The number of carbonyl (C=O) groups is 2. The lowest BCUT2D eigenvalue weighted by Gasteiger charge is -2.34. The monoisotopic (exact) mass is 491 g/mol. The first kappa shape index (κ1) is 24.9. The summed E-state index contributed by atoms with van der Waals surface area (Å²) in [5.41, 5.74) is 1.03. The second-order valence-corrected chi connectivity index (χ2v) is 8.36. The van der Waals surface area contributed by atoms with Crippen LogP contribution in [0.4, 0.5) is 0 Å². The van der Waals surface area contributed by atoms with Crippen LogP contribution in [-0.4, -0.2) is 39.6 Å². The van der Waals surface area contributed by atoms with E-state index >= 15 is 0 Å². The summed E-state index contributed by atoms with van der Waals surface area (Å²) in [5.74, 6) is -0.530. The Morgan fingerprint density at radius 3 is 2.39 bits per heavy atom. The molecular weight excluding hydrogens is 462 g/mol. The Morgan fingerprint density at radius 1 is 1.06 bits per heavy atom. The molecule has 0 saturated heterocycles. The third kappa shape index (κ3) is 7.36. The number of aliphatic hydroxyl groups is 1. The lowest BCUT2D eigenvalue weighted by Crippen LogP contribution is -2.41. The highest BCUT2D eigenvalue weighted by molar-refractivity contribution is 9.10. The van der Waals surface area contributed by atoms with E-state index in [-0.39, 0.29) is 18.4 Å². The molecule has 1 amide bonds. The van der Waals surface area contributed by atoms with E-state index < -0.39 is 12.2 Å². The maximum atomic E-state index is 13.2. The molecule has 2 unspecified atom stereocenters. The Kier molecular flexibility index (Phi) is 10.0. The lowest BCUT2D eigenvalue weighted by molar-refractivity contribution is -0.137. The number of carboxylic acid groups (broad SMARTS) is 1. The number of ether oxygens (including phenoxy) is 1. The Hall–Kier alpha value is -2.38. The molecule has 0 aliphatic carbocycles. The number of hydrogen-bond donors (Lipinski definition) is 2. The summed E-state index contributed by atoms with van der Waals surface area (Å²) in [6.07, 6.45) is 1.74. The van der Waals surface area contributed by atoms with Crippen LogP contribution in [0.5, 0.6) is 5.75 Å². The van der Waals surface area contributed by atoms with Crippen LogP contribution in [0.1, 0.15) is 68.1 Å². The quantitative estimate of drug-likeness (QED) is 0.306. The summed E-state index contributed by atoms with van der Waals surface area (Å²) in [5, 5.41) is 19.9. The van der Waals surface area contributed by atoms with Crippen molar-refractivity contribution in [3.8, 4) is 5.75 Å². The molecule has 2 atom stereocenters. The van der Waals surface area contributed by atoms with Crippen LogP contribution in [-0.2, 0) is 4.79 Å². The van der Waals surface area contributed by atoms with Gasteiger partial charge in [-0.05, 0) is 62.9 Å². The number of benzene rings is 2. The molecule has 2 aromatic rings. The fourth-order valence-corrected chi connectivity index (χ4v) is 3.47. The second kappa shape index (κ2) is 12.5. The molecule has 0 saturated carbocycles. The number of hydrogen-bond acceptors (Lipinski definition) is 4. The van der Waals surface area contributed by atoms with Gasteiger partial charge in [0.05, 0.1) is 6.61 Å². The van der Waals surface area contributed by atoms with Crippen molar-refractivity contribution in [3.63, 3.8) is 0 Å². The number of carboxylic acids is 1. The van der Waals surface area contributed by atoms with Crippen molar-refractivity contribution in [1.82, 2.24) is 4.90 Å². The van der Waals surface area contributed by atoms with E-state index in [1.807, 2.05) is 19.9 Å². The van der Waals surface area contributed by atoms with Gasteiger partial charge in [-0.25, -0.2) is 0 Å². The number of unbranched alkanes of at least 4 members (excludes halogenated alkanes) is 2. The molecule has 0 spiro atoms. The van der Waals surface area contributed by atoms with Crippen LogP contribution in [0.25, 0.3) is 0 Å². The van der Waals surface area contributed by atoms with Crippen LogP contribution in [0.2, 0.25) is 0 Å². The van der Waals surface area contributed by atoms with Gasteiger partial charge in [0.2, 0.25) is 0 Å². The predicted octanol–water partition coefficient (Wildman–Crippen LogP) is 5.40. The summed E-state index contributed by atoms with van der Waals surface area (Å²) in [6.45, 7) is 4.29. The average molecular weight is 492 g/mol. The summed E-state index contributed by atoms with van der Waals surface area (Å²) < 4.78 is 6.76. The molecule has 0 radical (unpaired) electrons. The molecule has 2 N–H and O–H groups in total. The molecule has 0 aromatic heterocycles. The van der Waals surface area contributed by atoms with Crippen molar-refractivity contribution in [3.05, 3.63) is 64.1 Å². The first-order valence-electron chi connectivity index (χ1n) is 10.5. The Labute approximate surface area is 192 Å². The zero-order chi connectivity index (χ0) is 22.8. The SMILES string of the molecule is CCC(C)N(C(=O)c1ccc(Br)cc1)C(O)c1ccccc1OCCCCCC(=O)O. The van der Waals surface area contributed by atoms with Gasteiger partial charge in [-0.3, -0.25) is 9.59 Å². The van der Waals surface area contributed by atoms with Crippen molar-refractivity contribution in [2.75, 3.05) is 6.61 Å². The number of rotatable bonds is 12. The summed E-state index contributed by atoms with van der Waals surface area (Å²) in [7, 11) is 0. The molecule has 0 fully saturated rings. The largest absolute Gasteiger partial charge is 0.493 e. The molecule has 6 nitrogen and oxygen atoms in total. The van der Waals surface area contributed by atoms with Gasteiger partial charge in [-0.15, -0.1) is 0 Å². The highest BCUT2D eigenvalue weighted by Crippen LogP contribution is 2.31. The van der Waals surface area contributed by atoms with Gasteiger partial charge in [0.25, 0.3) is 5.91 Å². The van der Waals surface area contributed by atoms with Gasteiger partial charge < -0.3 is 19.8 Å². The zero-order valence-electron chi connectivity index (χ0n) is 18.0. The maximum Gasteiger partial charge on any atom is 0.303 e. The number of carbonyl (C=O) groups excluding carboxylic acids is 1. The Bertz CT molecular complexity index is 855. The summed E-state index contributed by atoms with van der Waals surface area (Å²) in [4.78, 5) is 25.3. The van der Waals surface area contributed by atoms with Gasteiger partial charge in [0.15, 0.2) is 6.23 Å². The predicted molar refractivity (Wildman–Crippen MR) is 123 cm³/mol. The minimum atomic E-state index is -1.16. The van der Waals surface area contributed by atoms with Gasteiger partial charge in [0, 0.05) is 28.1 Å². The van der Waals surface area contributed by atoms with E-state index in [1.165, 1.54) is 4.90 Å². The van der Waals surface area contributed by atoms with Crippen molar-refractivity contribution >= 4 is 27.8 Å². The molecule has 7 heteroatoms. The topological polar surface area (TPSA) is 87.1 Å². The van der Waals surface area contributed by atoms with Crippen LogP contribution in [0.3, 0.4) is 0 Å². The number of nitrogens with zero attached hydrogens (tertiary/aromatic N) is 1. The van der Waals surface area contributed by atoms with E-state index in [2.05, 4.69) is 15.9 Å². The van der Waals surface area contributed by atoms with Gasteiger partial charge in [-0.2, -0.15) is 0 Å². The third-order valence-electron chi connectivity index (χ3n) is 5.14. The average Bonchev–Trinajstić information content (AvgIpc) is 2.76. The fraction of sp³-hybridized carbons (Fsp3) is 0.417. The van der Waals surface area contributed by atoms with Crippen molar-refractivity contribution in [2.24, 2.45) is 0 Å². The van der Waals surface area contributed by atoms with Crippen molar-refractivity contribution in [2.45, 2.75) is 58.2 Å². The first-order chi connectivity index (χ1) is 14.8. The molecule has 0 heterocycles. The van der Waals surface area contributed by atoms with Crippen LogP contribution in [0, 0.1) is 0 Å². The molecule has 0 aliphatic heterocycles. The molecule has 0 bridgehead atoms. The molecule has 168 valence electrons. The van der Waals surface area contributed by atoms with E-state index in [4.69, 9.17) is 9.84 Å². The highest BCUT2D eigenvalue weighted by atomic mass is 79.9. The standard InChI is InChI=1S/C24H30BrNO5/c1-3-17(2)26(23(29)18-12-14-19(25)15-13-18)24(30)20-9-6-7-10-21(20)31-16-8-4-5-11-22(27)28/h6-7,9-10,12-15,17,24,30H,3-5,8,11,16H2,1-2H3,(H,27,28). The zero-order valence-corrected chi connectivity index (χ0v) is 19.5. The number of amides is 1. The van der Waals surface area contributed by atoms with Crippen LogP contribution in [0.15, 0.2) is 53.0 Å².